The van der Waals surface area contributed by atoms with E-state index in [1.54, 1.807) is 0 Å². The molecule has 1 aromatic rings. The van der Waals surface area contributed by atoms with Crippen LogP contribution in [0.4, 0.5) is 15.8 Å². The molecule has 0 bridgehead atoms. The van der Waals surface area contributed by atoms with Crippen molar-refractivity contribution in [2.75, 3.05) is 11.9 Å². The molecule has 6 heteroatoms. The monoisotopic (exact) mass is 296 g/mol. The Bertz CT molecular complexity index is 496. The zero-order chi connectivity index (χ0) is 15.2. The Labute approximate surface area is 123 Å². The highest BCUT2D eigenvalue weighted by atomic mass is 19.1. The van der Waals surface area contributed by atoms with Crippen molar-refractivity contribution in [3.63, 3.8) is 0 Å². The summed E-state index contributed by atoms with van der Waals surface area (Å²) in [5.74, 6) is -0.260. The van der Waals surface area contributed by atoms with E-state index >= 15 is 0 Å². The van der Waals surface area contributed by atoms with Crippen molar-refractivity contribution >= 4 is 11.4 Å². The highest BCUT2D eigenvalue weighted by Crippen LogP contribution is 2.28. The van der Waals surface area contributed by atoms with Gasteiger partial charge >= 0.3 is 0 Å². The van der Waals surface area contributed by atoms with Gasteiger partial charge in [-0.25, -0.2) is 4.39 Å². The second-order valence-corrected chi connectivity index (χ2v) is 5.60. The summed E-state index contributed by atoms with van der Waals surface area (Å²) in [7, 11) is 0. The fourth-order valence-electron chi connectivity index (χ4n) is 2.87. The highest BCUT2D eigenvalue weighted by molar-refractivity contribution is 5.49. The number of hydrogen-bond donors (Lipinski definition) is 2. The molecule has 1 aliphatic rings. The van der Waals surface area contributed by atoms with Crippen molar-refractivity contribution in [1.82, 2.24) is 0 Å². The third kappa shape index (κ3) is 4.39. The molecule has 0 aromatic heterocycles. The minimum atomic E-state index is -0.614. The molecule has 0 amide bonds. The lowest BCUT2D eigenvalue weighted by atomic mass is 9.83. The summed E-state index contributed by atoms with van der Waals surface area (Å²) in [4.78, 5) is 9.91. The molecule has 1 fully saturated rings. The number of non-ortho nitro benzene ring substituents is 1. The third-order valence-electron chi connectivity index (χ3n) is 4.10. The number of anilines is 1. The minimum absolute atomic E-state index is 0.199. The Morgan fingerprint density at radius 1 is 1.38 bits per heavy atom. The number of nitro benzene ring substituents is 1. The van der Waals surface area contributed by atoms with Crippen molar-refractivity contribution in [3.05, 3.63) is 34.1 Å². The maximum Gasteiger partial charge on any atom is 0.272 e. The molecule has 116 valence electrons. The van der Waals surface area contributed by atoms with Crippen LogP contribution in [-0.4, -0.2) is 22.7 Å². The van der Waals surface area contributed by atoms with Crippen molar-refractivity contribution in [3.8, 4) is 0 Å². The van der Waals surface area contributed by atoms with Crippen molar-refractivity contribution in [2.24, 2.45) is 5.92 Å². The van der Waals surface area contributed by atoms with E-state index in [1.165, 1.54) is 18.6 Å². The van der Waals surface area contributed by atoms with E-state index in [-0.39, 0.29) is 17.5 Å². The molecule has 0 saturated heterocycles. The van der Waals surface area contributed by atoms with E-state index in [0.29, 0.717) is 12.5 Å². The topological polar surface area (TPSA) is 75.4 Å². The molecule has 2 N–H and O–H groups in total. The van der Waals surface area contributed by atoms with E-state index < -0.39 is 10.7 Å². The fraction of sp³-hybridized carbons (Fsp3) is 0.600. The van der Waals surface area contributed by atoms with Gasteiger partial charge in [0.1, 0.15) is 0 Å². The molecule has 0 aliphatic heterocycles. The van der Waals surface area contributed by atoms with Crippen LogP contribution >= 0.6 is 0 Å². The summed E-state index contributed by atoms with van der Waals surface area (Å²) in [6.45, 7) is 0.595. The molecule has 2 rings (SSSR count). The average Bonchev–Trinajstić information content (AvgIpc) is 2.46. The lowest BCUT2D eigenvalue weighted by molar-refractivity contribution is -0.385. The van der Waals surface area contributed by atoms with Crippen LogP contribution in [0.15, 0.2) is 18.2 Å². The van der Waals surface area contributed by atoms with Gasteiger partial charge in [-0.1, -0.05) is 12.8 Å². The van der Waals surface area contributed by atoms with Crippen LogP contribution < -0.4 is 5.32 Å². The van der Waals surface area contributed by atoms with Gasteiger partial charge in [-0.2, -0.15) is 0 Å². The first-order valence-electron chi connectivity index (χ1n) is 7.44. The highest BCUT2D eigenvalue weighted by Gasteiger charge is 2.22. The van der Waals surface area contributed by atoms with E-state index in [9.17, 15) is 19.6 Å². The van der Waals surface area contributed by atoms with Crippen LogP contribution in [0.3, 0.4) is 0 Å². The molecule has 0 radical (unpaired) electrons. The number of nitrogens with one attached hydrogen (secondary N) is 1. The molecule has 0 heterocycles. The van der Waals surface area contributed by atoms with E-state index in [0.717, 1.165) is 38.2 Å². The lowest BCUT2D eigenvalue weighted by Crippen LogP contribution is -2.24. The summed E-state index contributed by atoms with van der Waals surface area (Å²) in [5.41, 5.74) is 0.0353. The largest absolute Gasteiger partial charge is 0.393 e. The predicted molar refractivity (Wildman–Crippen MR) is 78.7 cm³/mol. The molecule has 5 nitrogen and oxygen atoms in total. The number of nitro groups is 1. The Morgan fingerprint density at radius 2 is 2.14 bits per heavy atom. The van der Waals surface area contributed by atoms with E-state index in [1.807, 2.05) is 0 Å². The van der Waals surface area contributed by atoms with Gasteiger partial charge in [0.15, 0.2) is 5.82 Å². The first kappa shape index (κ1) is 15.7. The van der Waals surface area contributed by atoms with E-state index in [4.69, 9.17) is 0 Å². The molecular formula is C15H21FN2O3. The molecular weight excluding hydrogens is 275 g/mol. The molecule has 21 heavy (non-hydrogen) atoms. The van der Waals surface area contributed by atoms with Gasteiger partial charge in [-0.3, -0.25) is 10.1 Å². The van der Waals surface area contributed by atoms with Crippen LogP contribution in [0.1, 0.15) is 38.5 Å². The summed E-state index contributed by atoms with van der Waals surface area (Å²) in [6.07, 6.45) is 5.79. The summed E-state index contributed by atoms with van der Waals surface area (Å²) < 4.78 is 13.6. The Balaban J connectivity index is 1.77. The summed E-state index contributed by atoms with van der Waals surface area (Å²) in [5, 5.41) is 23.3. The zero-order valence-corrected chi connectivity index (χ0v) is 11.9. The fourth-order valence-corrected chi connectivity index (χ4v) is 2.87. The number of halogens is 1. The molecule has 1 aliphatic carbocycles. The standard InChI is InChI=1S/C15H21FN2O3/c16-13-10-12(18(20)21)7-8-14(13)17-9-3-5-11-4-1-2-6-15(11)19/h7-8,10-11,15,17,19H,1-6,9H2. The van der Waals surface area contributed by atoms with Crippen LogP contribution in [0.5, 0.6) is 0 Å². The average molecular weight is 296 g/mol. The first-order chi connectivity index (χ1) is 10.1. The van der Waals surface area contributed by atoms with Crippen molar-refractivity contribution in [2.45, 2.75) is 44.6 Å². The number of rotatable bonds is 6. The zero-order valence-electron chi connectivity index (χ0n) is 11.9. The third-order valence-corrected chi connectivity index (χ3v) is 4.10. The van der Waals surface area contributed by atoms with Gasteiger partial charge in [0.05, 0.1) is 22.8 Å². The van der Waals surface area contributed by atoms with Gasteiger partial charge in [0.25, 0.3) is 5.69 Å². The van der Waals surface area contributed by atoms with Gasteiger partial charge in [-0.05, 0) is 37.7 Å². The first-order valence-corrected chi connectivity index (χ1v) is 7.44. The molecule has 0 spiro atoms. The van der Waals surface area contributed by atoms with Gasteiger partial charge in [0, 0.05) is 12.6 Å². The van der Waals surface area contributed by atoms with E-state index in [2.05, 4.69) is 5.32 Å². The molecule has 1 aromatic carbocycles. The number of aliphatic hydroxyl groups excluding tert-OH is 1. The van der Waals surface area contributed by atoms with Crippen LogP contribution in [0.2, 0.25) is 0 Å². The number of aliphatic hydroxyl groups is 1. The van der Waals surface area contributed by atoms with Crippen LogP contribution in [0, 0.1) is 21.8 Å². The van der Waals surface area contributed by atoms with Gasteiger partial charge in [-0.15, -0.1) is 0 Å². The van der Waals surface area contributed by atoms with Crippen molar-refractivity contribution in [1.29, 1.82) is 0 Å². The summed E-state index contributed by atoms with van der Waals surface area (Å²) in [6, 6.07) is 3.60. The smallest absolute Gasteiger partial charge is 0.272 e. The van der Waals surface area contributed by atoms with Gasteiger partial charge in [0.2, 0.25) is 0 Å². The number of benzene rings is 1. The second-order valence-electron chi connectivity index (χ2n) is 5.60. The lowest BCUT2D eigenvalue weighted by Gasteiger charge is -2.27. The second kappa shape index (κ2) is 7.36. The Hall–Kier alpha value is -1.69. The molecule has 2 unspecified atom stereocenters. The van der Waals surface area contributed by atoms with Crippen LogP contribution in [0.25, 0.3) is 0 Å². The molecule has 1 saturated carbocycles. The van der Waals surface area contributed by atoms with Crippen LogP contribution in [-0.2, 0) is 0 Å². The number of hydrogen-bond acceptors (Lipinski definition) is 4. The quantitative estimate of drug-likeness (QED) is 0.479. The normalized spacial score (nSPS) is 22.0. The Kier molecular flexibility index (Phi) is 5.50. The van der Waals surface area contributed by atoms with Gasteiger partial charge < -0.3 is 10.4 Å². The van der Waals surface area contributed by atoms with Crippen molar-refractivity contribution < 1.29 is 14.4 Å². The summed E-state index contributed by atoms with van der Waals surface area (Å²) >= 11 is 0. The molecule has 2 atom stereocenters. The Morgan fingerprint density at radius 3 is 2.81 bits per heavy atom. The predicted octanol–water partition coefficient (Wildman–Crippen LogP) is 3.48. The maximum absolute atomic E-state index is 13.6. The minimum Gasteiger partial charge on any atom is -0.393 e. The SMILES string of the molecule is O=[N+]([O-])c1ccc(NCCCC2CCCCC2O)c(F)c1. The maximum atomic E-state index is 13.6. The number of nitrogens with zero attached hydrogens (tertiary/aromatic N) is 1.